The van der Waals surface area contributed by atoms with Gasteiger partial charge in [-0.05, 0) is 6.42 Å². The number of hydrogen-bond acceptors (Lipinski definition) is 5. The molecule has 0 heterocycles. The van der Waals surface area contributed by atoms with Crippen molar-refractivity contribution < 1.29 is 19.3 Å². The number of benzene rings is 1. The molecule has 20 heavy (non-hydrogen) atoms. The van der Waals surface area contributed by atoms with E-state index in [1.54, 1.807) is 19.2 Å². The maximum Gasteiger partial charge on any atom is 0.132 e. The van der Waals surface area contributed by atoms with Gasteiger partial charge in [-0.25, -0.2) is 0 Å². The first-order valence-electron chi connectivity index (χ1n) is 6.50. The van der Waals surface area contributed by atoms with Crippen molar-refractivity contribution >= 4 is 0 Å². The predicted molar refractivity (Wildman–Crippen MR) is 75.1 cm³/mol. The molecule has 0 amide bonds. The topological polar surface area (TPSA) is 71.7 Å². The van der Waals surface area contributed by atoms with Crippen LogP contribution >= 0.6 is 0 Å². The molecule has 0 fully saturated rings. The molecule has 0 aromatic heterocycles. The lowest BCUT2D eigenvalue weighted by atomic mass is 9.92. The molecule has 1 N–H and O–H groups in total. The van der Waals surface area contributed by atoms with Gasteiger partial charge in [0.05, 0.1) is 38.9 Å². The van der Waals surface area contributed by atoms with Gasteiger partial charge < -0.3 is 19.3 Å². The van der Waals surface area contributed by atoms with Crippen molar-refractivity contribution in [2.75, 3.05) is 21.3 Å². The van der Waals surface area contributed by atoms with Crippen molar-refractivity contribution in [1.82, 2.24) is 0 Å². The van der Waals surface area contributed by atoms with Crippen molar-refractivity contribution in [3.05, 3.63) is 17.7 Å². The van der Waals surface area contributed by atoms with Gasteiger partial charge in [0.15, 0.2) is 0 Å². The molecule has 5 nitrogen and oxygen atoms in total. The van der Waals surface area contributed by atoms with E-state index in [-0.39, 0.29) is 0 Å². The van der Waals surface area contributed by atoms with E-state index in [4.69, 9.17) is 14.2 Å². The molecule has 0 saturated heterocycles. The fourth-order valence-corrected chi connectivity index (χ4v) is 2.13. The summed E-state index contributed by atoms with van der Waals surface area (Å²) in [5, 5.41) is 19.7. The van der Waals surface area contributed by atoms with Crippen molar-refractivity contribution in [2.45, 2.75) is 25.9 Å². The van der Waals surface area contributed by atoms with Crippen molar-refractivity contribution in [1.29, 1.82) is 5.26 Å². The molecule has 1 aromatic carbocycles. The van der Waals surface area contributed by atoms with Crippen LogP contribution in [0.15, 0.2) is 12.1 Å². The van der Waals surface area contributed by atoms with Gasteiger partial charge in [0, 0.05) is 12.1 Å². The molecule has 0 saturated carbocycles. The van der Waals surface area contributed by atoms with E-state index in [1.807, 2.05) is 6.92 Å². The molecule has 0 aliphatic carbocycles. The Bertz CT molecular complexity index is 456. The lowest BCUT2D eigenvalue weighted by Gasteiger charge is -2.22. The van der Waals surface area contributed by atoms with Gasteiger partial charge in [0.2, 0.25) is 0 Å². The van der Waals surface area contributed by atoms with Crippen LogP contribution in [0.25, 0.3) is 0 Å². The third-order valence-electron chi connectivity index (χ3n) is 3.20. The normalized spacial score (nSPS) is 13.2. The second-order valence-corrected chi connectivity index (χ2v) is 4.41. The molecule has 1 rings (SSSR count). The molecule has 5 heteroatoms. The smallest absolute Gasteiger partial charge is 0.132 e. The Labute approximate surface area is 119 Å². The van der Waals surface area contributed by atoms with Crippen LogP contribution in [0.4, 0.5) is 0 Å². The predicted octanol–water partition coefficient (Wildman–Crippen LogP) is 2.69. The first kappa shape index (κ1) is 16.1. The van der Waals surface area contributed by atoms with Crippen molar-refractivity contribution in [3.63, 3.8) is 0 Å². The van der Waals surface area contributed by atoms with Crippen molar-refractivity contribution in [3.8, 4) is 23.3 Å². The quantitative estimate of drug-likeness (QED) is 0.830. The number of aliphatic hydroxyl groups excluding tert-OH is 1. The summed E-state index contributed by atoms with van der Waals surface area (Å²) in [5.41, 5.74) is 0.482. The van der Waals surface area contributed by atoms with Crippen LogP contribution in [0.3, 0.4) is 0 Å². The van der Waals surface area contributed by atoms with Gasteiger partial charge in [-0.3, -0.25) is 0 Å². The molecular weight excluding hydrogens is 258 g/mol. The SMILES string of the molecule is CCCC(C#N)C(O)c1c(OC)cc(OC)cc1OC. The minimum absolute atomic E-state index is 0.449. The zero-order valence-corrected chi connectivity index (χ0v) is 12.3. The summed E-state index contributed by atoms with van der Waals surface area (Å²) in [6.07, 6.45) is 0.460. The van der Waals surface area contributed by atoms with E-state index in [1.165, 1.54) is 14.2 Å². The van der Waals surface area contributed by atoms with Crippen molar-refractivity contribution in [2.24, 2.45) is 5.92 Å². The first-order chi connectivity index (χ1) is 9.62. The van der Waals surface area contributed by atoms with E-state index in [0.717, 1.165) is 6.42 Å². The van der Waals surface area contributed by atoms with Gasteiger partial charge in [-0.15, -0.1) is 0 Å². The van der Waals surface area contributed by atoms with Gasteiger partial charge in [-0.1, -0.05) is 13.3 Å². The molecule has 2 unspecified atom stereocenters. The Hall–Kier alpha value is -1.93. The number of ether oxygens (including phenoxy) is 3. The highest BCUT2D eigenvalue weighted by Gasteiger charge is 2.27. The van der Waals surface area contributed by atoms with E-state index in [2.05, 4.69) is 6.07 Å². The summed E-state index contributed by atoms with van der Waals surface area (Å²) < 4.78 is 15.8. The zero-order chi connectivity index (χ0) is 15.1. The Morgan fingerprint density at radius 2 is 1.70 bits per heavy atom. The Balaban J connectivity index is 3.30. The summed E-state index contributed by atoms with van der Waals surface area (Å²) in [4.78, 5) is 0. The number of hydrogen-bond donors (Lipinski definition) is 1. The first-order valence-corrected chi connectivity index (χ1v) is 6.50. The summed E-state index contributed by atoms with van der Waals surface area (Å²) >= 11 is 0. The molecule has 0 radical (unpaired) electrons. The van der Waals surface area contributed by atoms with Crippen LogP contribution in [0.2, 0.25) is 0 Å². The largest absolute Gasteiger partial charge is 0.496 e. The molecule has 0 bridgehead atoms. The molecule has 0 aliphatic heterocycles. The summed E-state index contributed by atoms with van der Waals surface area (Å²) in [5.74, 6) is 0.963. The molecule has 0 spiro atoms. The minimum atomic E-state index is -0.962. The Morgan fingerprint density at radius 3 is 2.05 bits per heavy atom. The fraction of sp³-hybridized carbons (Fsp3) is 0.533. The Kier molecular flexibility index (Phi) is 6.13. The molecule has 0 aliphatic rings. The second-order valence-electron chi connectivity index (χ2n) is 4.41. The summed E-state index contributed by atoms with van der Waals surface area (Å²) in [6, 6.07) is 5.48. The van der Waals surface area contributed by atoms with Crippen LogP contribution < -0.4 is 14.2 Å². The van der Waals surface area contributed by atoms with E-state index in [0.29, 0.717) is 29.2 Å². The highest BCUT2D eigenvalue weighted by atomic mass is 16.5. The highest BCUT2D eigenvalue weighted by Crippen LogP contribution is 2.41. The summed E-state index contributed by atoms with van der Waals surface area (Å²) in [7, 11) is 4.55. The number of methoxy groups -OCH3 is 3. The highest BCUT2D eigenvalue weighted by molar-refractivity contribution is 5.52. The van der Waals surface area contributed by atoms with Crippen LogP contribution in [0, 0.1) is 17.2 Å². The Morgan fingerprint density at radius 1 is 1.15 bits per heavy atom. The van der Waals surface area contributed by atoms with Gasteiger partial charge in [-0.2, -0.15) is 5.26 Å². The van der Waals surface area contributed by atoms with Gasteiger partial charge >= 0.3 is 0 Å². The lowest BCUT2D eigenvalue weighted by Crippen LogP contribution is -2.13. The average Bonchev–Trinajstić information content (AvgIpc) is 2.50. The second kappa shape index (κ2) is 7.61. The number of rotatable bonds is 7. The van der Waals surface area contributed by atoms with E-state index in [9.17, 15) is 10.4 Å². The average molecular weight is 279 g/mol. The van der Waals surface area contributed by atoms with Crippen LogP contribution in [0.1, 0.15) is 31.4 Å². The van der Waals surface area contributed by atoms with Gasteiger partial charge in [0.1, 0.15) is 23.4 Å². The molecular formula is C15H21NO4. The molecule has 110 valence electrons. The van der Waals surface area contributed by atoms with Gasteiger partial charge in [0.25, 0.3) is 0 Å². The minimum Gasteiger partial charge on any atom is -0.496 e. The lowest BCUT2D eigenvalue weighted by molar-refractivity contribution is 0.123. The molecule has 2 atom stereocenters. The van der Waals surface area contributed by atoms with E-state index >= 15 is 0 Å². The van der Waals surface area contributed by atoms with Crippen LogP contribution in [-0.4, -0.2) is 26.4 Å². The number of nitriles is 1. The zero-order valence-electron chi connectivity index (χ0n) is 12.3. The van der Waals surface area contributed by atoms with Crippen LogP contribution in [0.5, 0.6) is 17.2 Å². The third-order valence-corrected chi connectivity index (χ3v) is 3.20. The maximum absolute atomic E-state index is 10.5. The molecule has 1 aromatic rings. The third kappa shape index (κ3) is 3.34. The number of nitrogens with zero attached hydrogens (tertiary/aromatic N) is 1. The maximum atomic E-state index is 10.5. The summed E-state index contributed by atoms with van der Waals surface area (Å²) in [6.45, 7) is 1.97. The van der Waals surface area contributed by atoms with E-state index < -0.39 is 12.0 Å². The standard InChI is InChI=1S/C15H21NO4/c1-5-6-10(9-16)15(17)14-12(19-3)7-11(18-2)8-13(14)20-4/h7-8,10,15,17H,5-6H2,1-4H3. The fourth-order valence-electron chi connectivity index (χ4n) is 2.13. The van der Waals surface area contributed by atoms with Crippen LogP contribution in [-0.2, 0) is 0 Å². The monoisotopic (exact) mass is 279 g/mol. The number of aliphatic hydroxyl groups is 1.